The van der Waals surface area contributed by atoms with Crippen LogP contribution < -0.4 is 5.32 Å². The van der Waals surface area contributed by atoms with Crippen LogP contribution in [0.4, 0.5) is 13.6 Å². The van der Waals surface area contributed by atoms with E-state index in [9.17, 15) is 23.5 Å². The van der Waals surface area contributed by atoms with Crippen LogP contribution in [-0.4, -0.2) is 39.5 Å². The van der Waals surface area contributed by atoms with Crippen molar-refractivity contribution in [1.82, 2.24) is 5.32 Å². The van der Waals surface area contributed by atoms with Crippen LogP contribution in [0.25, 0.3) is 0 Å². The highest BCUT2D eigenvalue weighted by Crippen LogP contribution is 2.31. The molecule has 24 heavy (non-hydrogen) atoms. The number of hydrogen-bond acceptors (Lipinski definition) is 4. The van der Waals surface area contributed by atoms with Crippen molar-refractivity contribution < 1.29 is 33.3 Å². The molecular formula is C16H21F2NO5. The topological polar surface area (TPSA) is 95.9 Å². The van der Waals surface area contributed by atoms with Crippen molar-refractivity contribution in [3.8, 4) is 0 Å². The van der Waals surface area contributed by atoms with Gasteiger partial charge in [0.25, 0.3) is 0 Å². The number of halogens is 2. The zero-order valence-corrected chi connectivity index (χ0v) is 13.7. The van der Waals surface area contributed by atoms with Gasteiger partial charge in [0.05, 0.1) is 0 Å². The van der Waals surface area contributed by atoms with Gasteiger partial charge in [-0.25, -0.2) is 9.59 Å². The van der Waals surface area contributed by atoms with Crippen molar-refractivity contribution in [3.63, 3.8) is 0 Å². The molecule has 1 atom stereocenters. The van der Waals surface area contributed by atoms with Gasteiger partial charge in [-0.15, -0.1) is 0 Å². The second-order valence-corrected chi connectivity index (χ2v) is 6.35. The van der Waals surface area contributed by atoms with Gasteiger partial charge in [-0.1, -0.05) is 30.3 Å². The van der Waals surface area contributed by atoms with E-state index in [0.29, 0.717) is 5.56 Å². The molecule has 0 aliphatic rings. The number of carboxylic acids is 1. The van der Waals surface area contributed by atoms with E-state index in [2.05, 4.69) is 0 Å². The van der Waals surface area contributed by atoms with E-state index in [1.807, 2.05) is 0 Å². The summed E-state index contributed by atoms with van der Waals surface area (Å²) in [5.74, 6) is -7.15. The first-order chi connectivity index (χ1) is 10.9. The van der Waals surface area contributed by atoms with Gasteiger partial charge in [-0.2, -0.15) is 8.78 Å². The molecule has 0 bridgehead atoms. The minimum Gasteiger partial charge on any atom is -0.477 e. The second-order valence-electron chi connectivity index (χ2n) is 6.35. The number of rotatable bonds is 6. The predicted molar refractivity (Wildman–Crippen MR) is 81.7 cm³/mol. The predicted octanol–water partition coefficient (Wildman–Crippen LogP) is 2.55. The maximum absolute atomic E-state index is 14.0. The van der Waals surface area contributed by atoms with Gasteiger partial charge in [-0.3, -0.25) is 5.32 Å². The molecule has 6 nitrogen and oxygen atoms in total. The minimum absolute atomic E-state index is 0.0734. The lowest BCUT2D eigenvalue weighted by Gasteiger charge is -2.34. The number of amides is 1. The van der Waals surface area contributed by atoms with Gasteiger partial charge in [-0.05, 0) is 32.8 Å². The van der Waals surface area contributed by atoms with Crippen LogP contribution in [0.3, 0.4) is 0 Å². The number of carbonyl (C=O) groups excluding carboxylic acids is 1. The fourth-order valence-corrected chi connectivity index (χ4v) is 1.92. The minimum atomic E-state index is -4.60. The average molecular weight is 345 g/mol. The Kier molecular flexibility index (Phi) is 5.89. The first kappa shape index (κ1) is 19.8. The summed E-state index contributed by atoms with van der Waals surface area (Å²) in [6.07, 6.45) is -2.12. The van der Waals surface area contributed by atoms with Crippen molar-refractivity contribution in [3.05, 3.63) is 35.9 Å². The Hall–Kier alpha value is -2.22. The molecule has 1 rings (SSSR count). The zero-order chi connectivity index (χ0) is 18.6. The lowest BCUT2D eigenvalue weighted by atomic mass is 9.96. The number of ether oxygens (including phenoxy) is 1. The summed E-state index contributed by atoms with van der Waals surface area (Å²) >= 11 is 0. The van der Waals surface area contributed by atoms with E-state index in [-0.39, 0.29) is 6.42 Å². The average Bonchev–Trinajstić information content (AvgIpc) is 2.43. The number of aliphatic hydroxyl groups is 1. The summed E-state index contributed by atoms with van der Waals surface area (Å²) in [6.45, 7) is 4.51. The Morgan fingerprint density at radius 3 is 2.17 bits per heavy atom. The smallest absolute Gasteiger partial charge is 0.410 e. The van der Waals surface area contributed by atoms with Crippen molar-refractivity contribution in [2.75, 3.05) is 0 Å². The molecule has 8 heteroatoms. The van der Waals surface area contributed by atoms with E-state index in [1.165, 1.54) is 20.8 Å². The highest BCUT2D eigenvalue weighted by molar-refractivity contribution is 5.79. The van der Waals surface area contributed by atoms with E-state index in [1.54, 1.807) is 35.6 Å². The summed E-state index contributed by atoms with van der Waals surface area (Å²) in [6, 6.07) is 8.33. The van der Waals surface area contributed by atoms with Crippen molar-refractivity contribution in [1.29, 1.82) is 0 Å². The molecule has 0 saturated carbocycles. The number of benzene rings is 1. The molecule has 0 aliphatic heterocycles. The summed E-state index contributed by atoms with van der Waals surface area (Å²) < 4.78 is 32.8. The van der Waals surface area contributed by atoms with E-state index in [0.717, 1.165) is 0 Å². The van der Waals surface area contributed by atoms with Crippen LogP contribution in [0.5, 0.6) is 0 Å². The van der Waals surface area contributed by atoms with Crippen LogP contribution in [0.2, 0.25) is 0 Å². The number of carboxylic acid groups (broad SMARTS) is 1. The van der Waals surface area contributed by atoms with Gasteiger partial charge < -0.3 is 14.9 Å². The van der Waals surface area contributed by atoms with Crippen LogP contribution >= 0.6 is 0 Å². The van der Waals surface area contributed by atoms with Crippen molar-refractivity contribution >= 4 is 12.1 Å². The highest BCUT2D eigenvalue weighted by atomic mass is 19.3. The molecule has 0 saturated heterocycles. The lowest BCUT2D eigenvalue weighted by molar-refractivity contribution is -0.217. The Balaban J connectivity index is 2.99. The zero-order valence-electron chi connectivity index (χ0n) is 13.7. The molecule has 134 valence electrons. The maximum atomic E-state index is 14.0. The van der Waals surface area contributed by atoms with E-state index >= 15 is 0 Å². The van der Waals surface area contributed by atoms with Gasteiger partial charge in [0.15, 0.2) is 0 Å². The lowest BCUT2D eigenvalue weighted by Crippen LogP contribution is -2.64. The first-order valence-electron chi connectivity index (χ1n) is 7.26. The van der Waals surface area contributed by atoms with Crippen molar-refractivity contribution in [2.24, 2.45) is 0 Å². The number of aliphatic carboxylic acids is 1. The molecule has 0 heterocycles. The van der Waals surface area contributed by atoms with E-state index < -0.39 is 35.7 Å². The molecule has 3 N–H and O–H groups in total. The Bertz CT molecular complexity index is 586. The molecule has 0 aliphatic carbocycles. The molecular weight excluding hydrogens is 324 g/mol. The Morgan fingerprint density at radius 2 is 1.71 bits per heavy atom. The van der Waals surface area contributed by atoms with Gasteiger partial charge >= 0.3 is 18.0 Å². The fourth-order valence-electron chi connectivity index (χ4n) is 1.92. The van der Waals surface area contributed by atoms with Gasteiger partial charge in [0.1, 0.15) is 5.60 Å². The summed E-state index contributed by atoms with van der Waals surface area (Å²) in [7, 11) is 0. The molecule has 1 aromatic carbocycles. The fraction of sp³-hybridized carbons (Fsp3) is 0.500. The normalized spacial score (nSPS) is 14.6. The molecule has 1 amide bonds. The van der Waals surface area contributed by atoms with Gasteiger partial charge in [0.2, 0.25) is 5.72 Å². The van der Waals surface area contributed by atoms with Crippen LogP contribution in [-0.2, 0) is 16.0 Å². The molecule has 0 radical (unpaired) electrons. The molecule has 0 aromatic heterocycles. The van der Waals surface area contributed by atoms with Crippen LogP contribution in [0, 0.1) is 0 Å². The third-order valence-corrected chi connectivity index (χ3v) is 3.11. The first-order valence-corrected chi connectivity index (χ1v) is 7.26. The standard InChI is InChI=1S/C16H21F2NO5/c1-14(2,3)24-13(22)19-15(23,16(17,18)12(20)21)10-9-11-7-5-4-6-8-11/h4-8,23H,9-10H2,1-3H3,(H,19,22)(H,20,21)/t15-/m1/s1. The van der Waals surface area contributed by atoms with Crippen LogP contribution in [0.15, 0.2) is 30.3 Å². The number of hydrogen-bond donors (Lipinski definition) is 3. The SMILES string of the molecule is CC(C)(C)OC(=O)N[C@@](O)(CCc1ccccc1)C(F)(F)C(=O)O. The van der Waals surface area contributed by atoms with Crippen LogP contribution in [0.1, 0.15) is 32.8 Å². The maximum Gasteiger partial charge on any atom is 0.410 e. The third-order valence-electron chi connectivity index (χ3n) is 3.11. The van der Waals surface area contributed by atoms with E-state index in [4.69, 9.17) is 9.84 Å². The number of alkyl carbamates (subject to hydrolysis) is 1. The molecule has 1 aromatic rings. The quantitative estimate of drug-likeness (QED) is 0.689. The number of nitrogens with one attached hydrogen (secondary N) is 1. The third kappa shape index (κ3) is 5.16. The Morgan fingerprint density at radius 1 is 1.17 bits per heavy atom. The highest BCUT2D eigenvalue weighted by Gasteiger charge is 2.60. The monoisotopic (exact) mass is 345 g/mol. The summed E-state index contributed by atoms with van der Waals surface area (Å²) in [5.41, 5.74) is -3.69. The van der Waals surface area contributed by atoms with Gasteiger partial charge in [0, 0.05) is 6.42 Å². The summed E-state index contributed by atoms with van der Waals surface area (Å²) in [4.78, 5) is 22.6. The molecule has 0 fully saturated rings. The number of aryl methyl sites for hydroxylation is 1. The number of carbonyl (C=O) groups is 2. The summed E-state index contributed by atoms with van der Waals surface area (Å²) in [5, 5.41) is 20.5. The largest absolute Gasteiger partial charge is 0.477 e. The molecule has 0 spiro atoms. The number of alkyl halides is 2. The Labute approximate surface area is 138 Å². The molecule has 0 unspecified atom stereocenters. The second kappa shape index (κ2) is 7.12. The van der Waals surface area contributed by atoms with Crippen molar-refractivity contribution in [2.45, 2.75) is 50.9 Å².